The minimum Gasteiger partial charge on any atom is -0.508 e. The SMILES string of the molecule is O=C1NC(=O)c2c(NCc3ccc(O)cc3F)cccc21. The van der Waals surface area contributed by atoms with Gasteiger partial charge in [-0.15, -0.1) is 0 Å². The van der Waals surface area contributed by atoms with E-state index in [0.29, 0.717) is 16.8 Å². The summed E-state index contributed by atoms with van der Waals surface area (Å²) in [5.41, 5.74) is 1.37. The number of aromatic hydroxyl groups is 1. The van der Waals surface area contributed by atoms with E-state index in [0.717, 1.165) is 6.07 Å². The Hall–Kier alpha value is -2.89. The molecule has 2 amide bonds. The number of phenols is 1. The lowest BCUT2D eigenvalue weighted by Crippen LogP contribution is -2.20. The van der Waals surface area contributed by atoms with Gasteiger partial charge in [-0.25, -0.2) is 4.39 Å². The Labute approximate surface area is 119 Å². The molecule has 2 aromatic rings. The van der Waals surface area contributed by atoms with Crippen molar-refractivity contribution in [2.75, 3.05) is 5.32 Å². The molecule has 0 unspecified atom stereocenters. The first-order valence-corrected chi connectivity index (χ1v) is 6.26. The van der Waals surface area contributed by atoms with Crippen LogP contribution in [0.3, 0.4) is 0 Å². The Bertz CT molecular complexity index is 759. The van der Waals surface area contributed by atoms with E-state index < -0.39 is 17.6 Å². The van der Waals surface area contributed by atoms with Gasteiger partial charge in [0.25, 0.3) is 11.8 Å². The van der Waals surface area contributed by atoms with Crippen molar-refractivity contribution in [2.24, 2.45) is 0 Å². The molecule has 6 heteroatoms. The lowest BCUT2D eigenvalue weighted by atomic mass is 10.1. The first-order chi connectivity index (χ1) is 10.1. The van der Waals surface area contributed by atoms with Crippen LogP contribution in [0.1, 0.15) is 26.3 Å². The third-order valence-electron chi connectivity index (χ3n) is 3.27. The third kappa shape index (κ3) is 2.31. The zero-order valence-electron chi connectivity index (χ0n) is 10.8. The van der Waals surface area contributed by atoms with Crippen LogP contribution in [0.2, 0.25) is 0 Å². The van der Waals surface area contributed by atoms with Gasteiger partial charge < -0.3 is 10.4 Å². The molecule has 5 nitrogen and oxygen atoms in total. The fourth-order valence-corrected chi connectivity index (χ4v) is 2.24. The standard InChI is InChI=1S/C15H11FN2O3/c16-11-6-9(19)5-4-8(11)7-17-12-3-1-2-10-13(12)15(21)18-14(10)20/h1-6,17,19H,7H2,(H,18,20,21). The predicted molar refractivity (Wildman–Crippen MR) is 73.6 cm³/mol. The van der Waals surface area contributed by atoms with Crippen molar-refractivity contribution in [3.8, 4) is 5.75 Å². The Morgan fingerprint density at radius 1 is 1.14 bits per heavy atom. The van der Waals surface area contributed by atoms with Crippen molar-refractivity contribution in [1.29, 1.82) is 0 Å². The number of nitrogens with one attached hydrogen (secondary N) is 2. The largest absolute Gasteiger partial charge is 0.508 e. The summed E-state index contributed by atoms with van der Waals surface area (Å²) in [5.74, 6) is -1.60. The van der Waals surface area contributed by atoms with Crippen LogP contribution in [0.4, 0.5) is 10.1 Å². The second-order valence-corrected chi connectivity index (χ2v) is 4.64. The normalized spacial score (nSPS) is 13.0. The predicted octanol–water partition coefficient (Wildman–Crippen LogP) is 2.03. The van der Waals surface area contributed by atoms with Crippen LogP contribution in [-0.4, -0.2) is 16.9 Å². The molecular formula is C15H11FN2O3. The molecule has 0 spiro atoms. The molecule has 1 heterocycles. The van der Waals surface area contributed by atoms with Gasteiger partial charge in [0.2, 0.25) is 0 Å². The van der Waals surface area contributed by atoms with Crippen LogP contribution in [0.5, 0.6) is 5.75 Å². The number of rotatable bonds is 3. The van der Waals surface area contributed by atoms with Gasteiger partial charge in [-0.1, -0.05) is 12.1 Å². The summed E-state index contributed by atoms with van der Waals surface area (Å²) in [5, 5.41) is 14.3. The number of phenolic OH excluding ortho intramolecular Hbond substituents is 1. The van der Waals surface area contributed by atoms with Gasteiger partial charge in [0.15, 0.2) is 0 Å². The molecule has 106 valence electrons. The monoisotopic (exact) mass is 286 g/mol. The topological polar surface area (TPSA) is 78.4 Å². The first kappa shape index (κ1) is 13.1. The summed E-state index contributed by atoms with van der Waals surface area (Å²) in [7, 11) is 0. The number of fused-ring (bicyclic) bond motifs is 1. The van der Waals surface area contributed by atoms with Gasteiger partial charge in [-0.05, 0) is 18.2 Å². The second kappa shape index (κ2) is 4.90. The van der Waals surface area contributed by atoms with Crippen molar-refractivity contribution in [1.82, 2.24) is 5.32 Å². The number of hydrogen-bond acceptors (Lipinski definition) is 4. The van der Waals surface area contributed by atoms with Gasteiger partial charge in [-0.2, -0.15) is 0 Å². The number of halogens is 1. The second-order valence-electron chi connectivity index (χ2n) is 4.64. The van der Waals surface area contributed by atoms with Crippen LogP contribution in [-0.2, 0) is 6.54 Å². The molecule has 0 atom stereocenters. The minimum absolute atomic E-state index is 0.129. The minimum atomic E-state index is -0.546. The van der Waals surface area contributed by atoms with Gasteiger partial charge in [-0.3, -0.25) is 14.9 Å². The van der Waals surface area contributed by atoms with Gasteiger partial charge in [0.1, 0.15) is 11.6 Å². The number of imide groups is 1. The fourth-order valence-electron chi connectivity index (χ4n) is 2.24. The Morgan fingerprint density at radius 3 is 2.71 bits per heavy atom. The van der Waals surface area contributed by atoms with Crippen LogP contribution in [0, 0.1) is 5.82 Å². The number of anilines is 1. The molecule has 1 aliphatic rings. The van der Waals surface area contributed by atoms with E-state index >= 15 is 0 Å². The average molecular weight is 286 g/mol. The molecule has 21 heavy (non-hydrogen) atoms. The zero-order valence-corrected chi connectivity index (χ0v) is 10.8. The summed E-state index contributed by atoms with van der Waals surface area (Å²) >= 11 is 0. The number of amides is 2. The maximum atomic E-state index is 13.6. The van der Waals surface area contributed by atoms with E-state index in [-0.39, 0.29) is 17.9 Å². The molecule has 1 aliphatic heterocycles. The number of carbonyl (C=O) groups is 2. The summed E-state index contributed by atoms with van der Waals surface area (Å²) in [6.45, 7) is 0.129. The van der Waals surface area contributed by atoms with Gasteiger partial charge >= 0.3 is 0 Å². The first-order valence-electron chi connectivity index (χ1n) is 6.26. The van der Waals surface area contributed by atoms with Gasteiger partial charge in [0.05, 0.1) is 11.1 Å². The van der Waals surface area contributed by atoms with Crippen LogP contribution in [0.15, 0.2) is 36.4 Å². The van der Waals surface area contributed by atoms with Crippen molar-refractivity contribution in [3.05, 3.63) is 58.9 Å². The van der Waals surface area contributed by atoms with E-state index in [2.05, 4.69) is 10.6 Å². The van der Waals surface area contributed by atoms with Crippen LogP contribution in [0.25, 0.3) is 0 Å². The molecule has 0 radical (unpaired) electrons. The highest BCUT2D eigenvalue weighted by molar-refractivity contribution is 6.23. The third-order valence-corrected chi connectivity index (χ3v) is 3.27. The fraction of sp³-hybridized carbons (Fsp3) is 0.0667. The van der Waals surface area contributed by atoms with E-state index in [1.54, 1.807) is 18.2 Å². The Balaban J connectivity index is 1.87. The molecule has 0 bridgehead atoms. The van der Waals surface area contributed by atoms with Crippen molar-refractivity contribution >= 4 is 17.5 Å². The van der Waals surface area contributed by atoms with E-state index in [1.807, 2.05) is 0 Å². The maximum Gasteiger partial charge on any atom is 0.261 e. The molecule has 0 saturated heterocycles. The highest BCUT2D eigenvalue weighted by atomic mass is 19.1. The smallest absolute Gasteiger partial charge is 0.261 e. The van der Waals surface area contributed by atoms with E-state index in [4.69, 9.17) is 5.11 Å². The van der Waals surface area contributed by atoms with Crippen molar-refractivity contribution < 1.29 is 19.1 Å². The van der Waals surface area contributed by atoms with Crippen LogP contribution >= 0.6 is 0 Å². The van der Waals surface area contributed by atoms with E-state index in [1.165, 1.54) is 12.1 Å². The Kier molecular flexibility index (Phi) is 3.06. The van der Waals surface area contributed by atoms with Gasteiger partial charge in [0, 0.05) is 23.9 Å². The lowest BCUT2D eigenvalue weighted by molar-refractivity contribution is 0.0880. The van der Waals surface area contributed by atoms with Crippen LogP contribution < -0.4 is 10.6 Å². The lowest BCUT2D eigenvalue weighted by Gasteiger charge is -2.10. The number of carbonyl (C=O) groups excluding carboxylic acids is 2. The number of benzene rings is 2. The highest BCUT2D eigenvalue weighted by Gasteiger charge is 2.29. The molecule has 2 aromatic carbocycles. The summed E-state index contributed by atoms with van der Waals surface area (Å²) in [6, 6.07) is 8.70. The summed E-state index contributed by atoms with van der Waals surface area (Å²) in [4.78, 5) is 23.3. The highest BCUT2D eigenvalue weighted by Crippen LogP contribution is 2.25. The molecule has 0 saturated carbocycles. The number of hydrogen-bond donors (Lipinski definition) is 3. The quantitative estimate of drug-likeness (QED) is 0.754. The molecule has 0 fully saturated rings. The van der Waals surface area contributed by atoms with Crippen molar-refractivity contribution in [3.63, 3.8) is 0 Å². The van der Waals surface area contributed by atoms with Crippen molar-refractivity contribution in [2.45, 2.75) is 6.54 Å². The molecule has 0 aromatic heterocycles. The average Bonchev–Trinajstić information content (AvgIpc) is 2.74. The summed E-state index contributed by atoms with van der Waals surface area (Å²) < 4.78 is 13.6. The molecule has 3 rings (SSSR count). The Morgan fingerprint density at radius 2 is 1.95 bits per heavy atom. The molecule has 3 N–H and O–H groups in total. The molecule has 0 aliphatic carbocycles. The zero-order chi connectivity index (χ0) is 15.0. The summed E-state index contributed by atoms with van der Waals surface area (Å²) in [6.07, 6.45) is 0. The maximum absolute atomic E-state index is 13.6. The van der Waals surface area contributed by atoms with E-state index in [9.17, 15) is 14.0 Å². The molecular weight excluding hydrogens is 275 g/mol.